The Balaban J connectivity index is 2.87. The highest BCUT2D eigenvalue weighted by Gasteiger charge is 2.25. The summed E-state index contributed by atoms with van der Waals surface area (Å²) < 4.78 is 13.7. The monoisotopic (exact) mass is 253 g/mol. The van der Waals surface area contributed by atoms with Crippen molar-refractivity contribution in [3.63, 3.8) is 0 Å². The second-order valence-corrected chi connectivity index (χ2v) is 4.83. The van der Waals surface area contributed by atoms with Crippen molar-refractivity contribution in [1.29, 1.82) is 0 Å². The molecule has 1 atom stereocenters. The van der Waals surface area contributed by atoms with Crippen molar-refractivity contribution in [2.45, 2.75) is 39.2 Å². The average molecular weight is 253 g/mol. The van der Waals surface area contributed by atoms with Crippen LogP contribution in [0.2, 0.25) is 0 Å². The number of benzene rings is 1. The standard InChI is InChI=1S/C14H20FNO2/c1-4-14(3,7-8-17)16-13(18)11-6-5-10(2)9-12(11)15/h5-6,9,17H,4,7-8H2,1-3H3,(H,16,18). The minimum absolute atomic E-state index is 0.0129. The molecular weight excluding hydrogens is 233 g/mol. The Morgan fingerprint density at radius 2 is 2.17 bits per heavy atom. The van der Waals surface area contributed by atoms with Crippen LogP contribution in [0.15, 0.2) is 18.2 Å². The topological polar surface area (TPSA) is 49.3 Å². The Morgan fingerprint density at radius 1 is 1.50 bits per heavy atom. The molecule has 1 aromatic carbocycles. The zero-order valence-electron chi connectivity index (χ0n) is 11.1. The third-order valence-corrected chi connectivity index (χ3v) is 3.23. The molecule has 3 nitrogen and oxygen atoms in total. The molecule has 0 aliphatic rings. The molecule has 0 saturated carbocycles. The van der Waals surface area contributed by atoms with E-state index in [0.717, 1.165) is 5.56 Å². The first-order valence-electron chi connectivity index (χ1n) is 6.11. The highest BCUT2D eigenvalue weighted by molar-refractivity contribution is 5.95. The lowest BCUT2D eigenvalue weighted by atomic mass is 9.94. The van der Waals surface area contributed by atoms with Crippen molar-refractivity contribution in [2.24, 2.45) is 0 Å². The lowest BCUT2D eigenvalue weighted by molar-refractivity contribution is 0.0882. The van der Waals surface area contributed by atoms with E-state index in [4.69, 9.17) is 5.11 Å². The fourth-order valence-electron chi connectivity index (χ4n) is 1.72. The SMILES string of the molecule is CCC(C)(CCO)NC(=O)c1ccc(C)cc1F. The maximum atomic E-state index is 13.7. The van der Waals surface area contributed by atoms with Crippen molar-refractivity contribution in [2.75, 3.05) is 6.61 Å². The van der Waals surface area contributed by atoms with Crippen LogP contribution in [0.3, 0.4) is 0 Å². The molecule has 1 amide bonds. The van der Waals surface area contributed by atoms with Crippen LogP contribution in [-0.4, -0.2) is 23.2 Å². The molecule has 1 rings (SSSR count). The molecule has 1 aromatic rings. The average Bonchev–Trinajstić information content (AvgIpc) is 2.28. The Kier molecular flexibility index (Phi) is 4.84. The number of hydrogen-bond donors (Lipinski definition) is 2. The van der Waals surface area contributed by atoms with Gasteiger partial charge in [0.2, 0.25) is 0 Å². The van der Waals surface area contributed by atoms with Gasteiger partial charge in [-0.1, -0.05) is 13.0 Å². The van der Waals surface area contributed by atoms with Crippen LogP contribution >= 0.6 is 0 Å². The normalized spacial score (nSPS) is 14.1. The van der Waals surface area contributed by atoms with E-state index in [-0.39, 0.29) is 12.2 Å². The maximum Gasteiger partial charge on any atom is 0.254 e. The van der Waals surface area contributed by atoms with Crippen LogP contribution in [0.1, 0.15) is 42.6 Å². The molecule has 0 aromatic heterocycles. The summed E-state index contributed by atoms with van der Waals surface area (Å²) in [6.45, 7) is 5.52. The molecule has 0 fully saturated rings. The van der Waals surface area contributed by atoms with Gasteiger partial charge in [-0.2, -0.15) is 0 Å². The number of hydrogen-bond acceptors (Lipinski definition) is 2. The summed E-state index contributed by atoms with van der Waals surface area (Å²) in [6, 6.07) is 4.52. The molecule has 4 heteroatoms. The van der Waals surface area contributed by atoms with Gasteiger partial charge in [-0.15, -0.1) is 0 Å². The van der Waals surface area contributed by atoms with Crippen LogP contribution in [0.4, 0.5) is 4.39 Å². The molecule has 18 heavy (non-hydrogen) atoms. The molecule has 0 aliphatic heterocycles. The van der Waals surface area contributed by atoms with Gasteiger partial charge in [0.25, 0.3) is 5.91 Å². The third-order valence-electron chi connectivity index (χ3n) is 3.23. The van der Waals surface area contributed by atoms with Gasteiger partial charge in [0.05, 0.1) is 5.56 Å². The first-order chi connectivity index (χ1) is 8.41. The minimum Gasteiger partial charge on any atom is -0.396 e. The Bertz CT molecular complexity index is 434. The summed E-state index contributed by atoms with van der Waals surface area (Å²) in [6.07, 6.45) is 1.12. The third kappa shape index (κ3) is 3.53. The summed E-state index contributed by atoms with van der Waals surface area (Å²) in [5.41, 5.74) is 0.305. The lowest BCUT2D eigenvalue weighted by Crippen LogP contribution is -2.46. The van der Waals surface area contributed by atoms with Gasteiger partial charge < -0.3 is 10.4 Å². The van der Waals surface area contributed by atoms with E-state index in [2.05, 4.69) is 5.32 Å². The van der Waals surface area contributed by atoms with E-state index in [1.165, 1.54) is 12.1 Å². The number of rotatable bonds is 5. The van der Waals surface area contributed by atoms with Crippen molar-refractivity contribution < 1.29 is 14.3 Å². The quantitative estimate of drug-likeness (QED) is 0.846. The van der Waals surface area contributed by atoms with Gasteiger partial charge in [-0.3, -0.25) is 4.79 Å². The van der Waals surface area contributed by atoms with E-state index in [1.807, 2.05) is 13.8 Å². The number of halogens is 1. The number of carbonyl (C=O) groups is 1. The van der Waals surface area contributed by atoms with Gasteiger partial charge in [0.15, 0.2) is 0 Å². The zero-order valence-corrected chi connectivity index (χ0v) is 11.1. The molecule has 0 spiro atoms. The van der Waals surface area contributed by atoms with Crippen molar-refractivity contribution >= 4 is 5.91 Å². The van der Waals surface area contributed by atoms with E-state index in [9.17, 15) is 9.18 Å². The van der Waals surface area contributed by atoms with Gasteiger partial charge >= 0.3 is 0 Å². The fraction of sp³-hybridized carbons (Fsp3) is 0.500. The molecule has 2 N–H and O–H groups in total. The van der Waals surface area contributed by atoms with Crippen molar-refractivity contribution in [3.8, 4) is 0 Å². The van der Waals surface area contributed by atoms with Crippen LogP contribution in [0.5, 0.6) is 0 Å². The van der Waals surface area contributed by atoms with Gasteiger partial charge in [0.1, 0.15) is 5.82 Å². The highest BCUT2D eigenvalue weighted by atomic mass is 19.1. The molecule has 0 bridgehead atoms. The first-order valence-corrected chi connectivity index (χ1v) is 6.11. The fourth-order valence-corrected chi connectivity index (χ4v) is 1.72. The number of aliphatic hydroxyl groups excluding tert-OH is 1. The van der Waals surface area contributed by atoms with Crippen LogP contribution in [0.25, 0.3) is 0 Å². The van der Waals surface area contributed by atoms with Crippen LogP contribution < -0.4 is 5.32 Å². The molecule has 0 radical (unpaired) electrons. The maximum absolute atomic E-state index is 13.7. The lowest BCUT2D eigenvalue weighted by Gasteiger charge is -2.29. The predicted molar refractivity (Wildman–Crippen MR) is 69.0 cm³/mol. The van der Waals surface area contributed by atoms with Gasteiger partial charge in [-0.05, 0) is 44.4 Å². The second kappa shape index (κ2) is 5.96. The summed E-state index contributed by atoms with van der Waals surface area (Å²) in [4.78, 5) is 12.0. The smallest absolute Gasteiger partial charge is 0.254 e. The summed E-state index contributed by atoms with van der Waals surface area (Å²) >= 11 is 0. The first kappa shape index (κ1) is 14.6. The largest absolute Gasteiger partial charge is 0.396 e. The number of aliphatic hydroxyl groups is 1. The molecule has 100 valence electrons. The van der Waals surface area contributed by atoms with E-state index >= 15 is 0 Å². The molecule has 0 heterocycles. The Labute approximate surface area is 107 Å². The second-order valence-electron chi connectivity index (χ2n) is 4.83. The van der Waals surface area contributed by atoms with Crippen LogP contribution in [-0.2, 0) is 0 Å². The van der Waals surface area contributed by atoms with E-state index in [1.54, 1.807) is 13.0 Å². The molecule has 0 aliphatic carbocycles. The van der Waals surface area contributed by atoms with E-state index in [0.29, 0.717) is 12.8 Å². The minimum atomic E-state index is -0.519. The summed E-state index contributed by atoms with van der Waals surface area (Å²) in [7, 11) is 0. The van der Waals surface area contributed by atoms with Crippen LogP contribution in [0, 0.1) is 12.7 Å². The van der Waals surface area contributed by atoms with Gasteiger partial charge in [0, 0.05) is 12.1 Å². The Hall–Kier alpha value is -1.42. The Morgan fingerprint density at radius 3 is 2.67 bits per heavy atom. The van der Waals surface area contributed by atoms with Crippen molar-refractivity contribution in [1.82, 2.24) is 5.32 Å². The number of carbonyl (C=O) groups excluding carboxylic acids is 1. The number of amides is 1. The predicted octanol–water partition coefficient (Wildman–Crippen LogP) is 2.42. The van der Waals surface area contributed by atoms with Gasteiger partial charge in [-0.25, -0.2) is 4.39 Å². The van der Waals surface area contributed by atoms with Crippen molar-refractivity contribution in [3.05, 3.63) is 35.1 Å². The molecule has 0 saturated heterocycles. The highest BCUT2D eigenvalue weighted by Crippen LogP contribution is 2.16. The molecular formula is C14H20FNO2. The number of aryl methyl sites for hydroxylation is 1. The molecule has 1 unspecified atom stereocenters. The summed E-state index contributed by atoms with van der Waals surface area (Å²) in [5.74, 6) is -0.958. The zero-order chi connectivity index (χ0) is 13.8. The van der Waals surface area contributed by atoms with E-state index < -0.39 is 17.3 Å². The number of nitrogens with one attached hydrogen (secondary N) is 1. The summed E-state index contributed by atoms with van der Waals surface area (Å²) in [5, 5.41) is 11.8.